The molecule has 1 aromatic heterocycles. The molecule has 0 radical (unpaired) electrons. The van der Waals surface area contributed by atoms with Crippen molar-refractivity contribution in [1.82, 2.24) is 18.8 Å². The predicted octanol–water partition coefficient (Wildman–Crippen LogP) is 1.19. The monoisotopic (exact) mass is 286 g/mol. The van der Waals surface area contributed by atoms with E-state index >= 15 is 0 Å². The summed E-state index contributed by atoms with van der Waals surface area (Å²) >= 11 is 0. The first-order valence-electron chi connectivity index (χ1n) is 6.80. The Morgan fingerprint density at radius 2 is 2.26 bits per heavy atom. The summed E-state index contributed by atoms with van der Waals surface area (Å²) in [6, 6.07) is 1.80. The maximum absolute atomic E-state index is 12.3. The topological polar surface area (TPSA) is 67.2 Å². The Hall–Kier alpha value is -0.920. The lowest BCUT2D eigenvalue weighted by Gasteiger charge is -2.34. The number of piperidine rings is 1. The van der Waals surface area contributed by atoms with E-state index in [-0.39, 0.29) is 6.04 Å². The van der Waals surface area contributed by atoms with E-state index in [1.807, 2.05) is 20.0 Å². The van der Waals surface area contributed by atoms with Crippen LogP contribution in [-0.4, -0.2) is 35.6 Å². The van der Waals surface area contributed by atoms with Crippen LogP contribution in [0.4, 0.5) is 0 Å². The molecule has 1 atom stereocenters. The van der Waals surface area contributed by atoms with Gasteiger partial charge in [0, 0.05) is 26.3 Å². The maximum Gasteiger partial charge on any atom is 0.280 e. The lowest BCUT2D eigenvalue weighted by atomic mass is 10.0. The standard InChI is InChI=1S/C12H22N4O2S/c1-3-8-14-19(17,18)16-10-5-4-6-12(16)11-7-9-13-15(11)2/h7,9,12,14H,3-6,8,10H2,1-2H3. The van der Waals surface area contributed by atoms with E-state index in [2.05, 4.69) is 9.82 Å². The molecule has 1 N–H and O–H groups in total. The largest absolute Gasteiger partial charge is 0.280 e. The quantitative estimate of drug-likeness (QED) is 0.884. The van der Waals surface area contributed by atoms with Crippen LogP contribution in [0.15, 0.2) is 12.3 Å². The smallest absolute Gasteiger partial charge is 0.271 e. The van der Waals surface area contributed by atoms with Gasteiger partial charge in [-0.15, -0.1) is 0 Å². The summed E-state index contributed by atoms with van der Waals surface area (Å²) in [6.45, 7) is 3.02. The normalized spacial score (nSPS) is 21.7. The molecule has 0 amide bonds. The molecule has 0 aliphatic carbocycles. The van der Waals surface area contributed by atoms with E-state index in [1.165, 1.54) is 0 Å². The van der Waals surface area contributed by atoms with Gasteiger partial charge in [0.15, 0.2) is 0 Å². The average molecular weight is 286 g/mol. The first-order valence-corrected chi connectivity index (χ1v) is 8.24. The van der Waals surface area contributed by atoms with Crippen molar-refractivity contribution >= 4 is 10.2 Å². The van der Waals surface area contributed by atoms with E-state index in [0.717, 1.165) is 31.4 Å². The third kappa shape index (κ3) is 3.16. The zero-order valence-electron chi connectivity index (χ0n) is 11.5. The maximum atomic E-state index is 12.3. The van der Waals surface area contributed by atoms with Gasteiger partial charge in [-0.1, -0.05) is 13.3 Å². The van der Waals surface area contributed by atoms with Crippen molar-refractivity contribution in [3.63, 3.8) is 0 Å². The zero-order valence-corrected chi connectivity index (χ0v) is 12.4. The molecule has 2 heterocycles. The van der Waals surface area contributed by atoms with Crippen molar-refractivity contribution in [2.75, 3.05) is 13.1 Å². The molecule has 108 valence electrons. The van der Waals surface area contributed by atoms with Crippen LogP contribution < -0.4 is 4.72 Å². The van der Waals surface area contributed by atoms with Gasteiger partial charge in [0.25, 0.3) is 10.2 Å². The van der Waals surface area contributed by atoms with E-state index in [9.17, 15) is 8.42 Å². The Kier molecular flexibility index (Phi) is 4.59. The van der Waals surface area contributed by atoms with Crippen LogP contribution in [0.1, 0.15) is 44.3 Å². The fraction of sp³-hybridized carbons (Fsp3) is 0.750. The van der Waals surface area contributed by atoms with Crippen molar-refractivity contribution in [2.45, 2.75) is 38.6 Å². The Labute approximate surface area is 115 Å². The lowest BCUT2D eigenvalue weighted by Crippen LogP contribution is -2.45. The van der Waals surface area contributed by atoms with Gasteiger partial charge < -0.3 is 0 Å². The van der Waals surface area contributed by atoms with Crippen molar-refractivity contribution in [2.24, 2.45) is 7.05 Å². The molecule has 1 saturated heterocycles. The van der Waals surface area contributed by atoms with Gasteiger partial charge in [-0.25, -0.2) is 4.72 Å². The Morgan fingerprint density at radius 3 is 2.89 bits per heavy atom. The molecule has 1 aliphatic rings. The Balaban J connectivity index is 2.24. The van der Waals surface area contributed by atoms with Crippen molar-refractivity contribution < 1.29 is 8.42 Å². The fourth-order valence-corrected chi connectivity index (χ4v) is 4.06. The Morgan fingerprint density at radius 1 is 1.47 bits per heavy atom. The molecule has 0 aromatic carbocycles. The fourth-order valence-electron chi connectivity index (χ4n) is 2.51. The summed E-state index contributed by atoms with van der Waals surface area (Å²) in [7, 11) is -1.54. The van der Waals surface area contributed by atoms with Crippen LogP contribution >= 0.6 is 0 Å². The van der Waals surface area contributed by atoms with Gasteiger partial charge in [-0.05, 0) is 25.3 Å². The van der Waals surface area contributed by atoms with Crippen LogP contribution in [0.3, 0.4) is 0 Å². The third-order valence-corrected chi connectivity index (χ3v) is 5.12. The second-order valence-corrected chi connectivity index (χ2v) is 6.61. The number of aromatic nitrogens is 2. The van der Waals surface area contributed by atoms with E-state index in [0.29, 0.717) is 13.1 Å². The minimum Gasteiger partial charge on any atom is -0.271 e. The second-order valence-electron chi connectivity index (χ2n) is 4.90. The summed E-state index contributed by atoms with van der Waals surface area (Å²) in [5, 5.41) is 4.15. The molecule has 0 bridgehead atoms. The van der Waals surface area contributed by atoms with Crippen molar-refractivity contribution in [3.05, 3.63) is 18.0 Å². The zero-order chi connectivity index (χ0) is 13.9. The molecular weight excluding hydrogens is 264 g/mol. The molecule has 1 aliphatic heterocycles. The average Bonchev–Trinajstić information content (AvgIpc) is 2.83. The molecule has 2 rings (SSSR count). The van der Waals surface area contributed by atoms with Crippen molar-refractivity contribution in [1.29, 1.82) is 0 Å². The highest BCUT2D eigenvalue weighted by Crippen LogP contribution is 2.32. The SMILES string of the molecule is CCCNS(=O)(=O)N1CCCCC1c1ccnn1C. The molecule has 1 aromatic rings. The highest BCUT2D eigenvalue weighted by atomic mass is 32.2. The van der Waals surface area contributed by atoms with Gasteiger partial charge >= 0.3 is 0 Å². The first-order chi connectivity index (χ1) is 9.06. The molecule has 7 heteroatoms. The third-order valence-electron chi connectivity index (χ3n) is 3.50. The number of aryl methyl sites for hydroxylation is 1. The van der Waals surface area contributed by atoms with Gasteiger partial charge in [0.2, 0.25) is 0 Å². The summed E-state index contributed by atoms with van der Waals surface area (Å²) in [6.07, 6.45) is 5.33. The number of hydrogen-bond acceptors (Lipinski definition) is 3. The molecule has 0 spiro atoms. The lowest BCUT2D eigenvalue weighted by molar-refractivity contribution is 0.243. The van der Waals surface area contributed by atoms with E-state index in [1.54, 1.807) is 15.2 Å². The van der Waals surface area contributed by atoms with Crippen molar-refractivity contribution in [3.8, 4) is 0 Å². The van der Waals surface area contributed by atoms with E-state index < -0.39 is 10.2 Å². The predicted molar refractivity (Wildman–Crippen MR) is 73.7 cm³/mol. The van der Waals surface area contributed by atoms with Crippen LogP contribution in [0.2, 0.25) is 0 Å². The number of hydrogen-bond donors (Lipinski definition) is 1. The summed E-state index contributed by atoms with van der Waals surface area (Å²) in [5.74, 6) is 0. The second kappa shape index (κ2) is 6.02. The number of nitrogens with one attached hydrogen (secondary N) is 1. The molecule has 1 fully saturated rings. The minimum absolute atomic E-state index is 0.101. The van der Waals surface area contributed by atoms with Crippen LogP contribution in [0, 0.1) is 0 Å². The molecule has 0 saturated carbocycles. The number of rotatable bonds is 5. The summed E-state index contributed by atoms with van der Waals surface area (Å²) in [4.78, 5) is 0. The molecule has 1 unspecified atom stereocenters. The molecule has 6 nitrogen and oxygen atoms in total. The summed E-state index contributed by atoms with van der Waals surface area (Å²) < 4.78 is 30.7. The molecular formula is C12H22N4O2S. The van der Waals surface area contributed by atoms with Crippen LogP contribution in [0.5, 0.6) is 0 Å². The highest BCUT2D eigenvalue weighted by Gasteiger charge is 2.34. The minimum atomic E-state index is -3.40. The number of nitrogens with zero attached hydrogens (tertiary/aromatic N) is 3. The van der Waals surface area contributed by atoms with Crippen LogP contribution in [-0.2, 0) is 17.3 Å². The molecule has 19 heavy (non-hydrogen) atoms. The highest BCUT2D eigenvalue weighted by molar-refractivity contribution is 7.87. The first kappa shape index (κ1) is 14.5. The van der Waals surface area contributed by atoms with Crippen LogP contribution in [0.25, 0.3) is 0 Å². The van der Waals surface area contributed by atoms with Gasteiger partial charge in [0.1, 0.15) is 0 Å². The van der Waals surface area contributed by atoms with Gasteiger partial charge in [-0.2, -0.15) is 17.8 Å². The van der Waals surface area contributed by atoms with E-state index in [4.69, 9.17) is 0 Å². The Bertz CT molecular complexity index is 512. The van der Waals surface area contributed by atoms with Gasteiger partial charge in [-0.3, -0.25) is 4.68 Å². The van der Waals surface area contributed by atoms with Gasteiger partial charge in [0.05, 0.1) is 11.7 Å². The summed E-state index contributed by atoms with van der Waals surface area (Å²) in [5.41, 5.74) is 0.960.